The van der Waals surface area contributed by atoms with Crippen molar-refractivity contribution in [1.82, 2.24) is 0 Å². The Hall–Kier alpha value is -1.37. The fraction of sp³-hybridized carbons (Fsp3) is 0.467. The van der Waals surface area contributed by atoms with Crippen molar-refractivity contribution < 1.29 is 19.1 Å². The highest BCUT2D eigenvalue weighted by molar-refractivity contribution is 8.14. The van der Waals surface area contributed by atoms with Crippen molar-refractivity contribution >= 4 is 28.5 Å². The fourth-order valence-corrected chi connectivity index (χ4v) is 3.55. The number of benzene rings is 1. The summed E-state index contributed by atoms with van der Waals surface area (Å²) in [5, 5.41) is 0.0915. The lowest BCUT2D eigenvalue weighted by Crippen LogP contribution is -2.25. The zero-order chi connectivity index (χ0) is 14.8. The summed E-state index contributed by atoms with van der Waals surface area (Å²) < 4.78 is 11.0. The van der Waals surface area contributed by atoms with Gasteiger partial charge in [0, 0.05) is 36.4 Å². The lowest BCUT2D eigenvalue weighted by atomic mass is 10.2. The number of thioether (sulfide) groups is 1. The Kier molecular flexibility index (Phi) is 4.28. The van der Waals surface area contributed by atoms with Crippen molar-refractivity contribution in [3.63, 3.8) is 0 Å². The molecule has 1 aromatic carbocycles. The summed E-state index contributed by atoms with van der Waals surface area (Å²) in [4.78, 5) is 25.1. The molecule has 2 heterocycles. The first-order valence-corrected chi connectivity index (χ1v) is 7.82. The molecule has 21 heavy (non-hydrogen) atoms. The molecule has 0 N–H and O–H groups in total. The van der Waals surface area contributed by atoms with Crippen LogP contribution in [0.15, 0.2) is 24.3 Å². The summed E-state index contributed by atoms with van der Waals surface area (Å²) in [5.74, 6) is 0.0548. The van der Waals surface area contributed by atoms with Gasteiger partial charge in [-0.1, -0.05) is 23.9 Å². The zero-order valence-electron chi connectivity index (χ0n) is 11.8. The van der Waals surface area contributed by atoms with Gasteiger partial charge in [-0.2, -0.15) is 0 Å². The second kappa shape index (κ2) is 6.17. The standard InChI is InChI=1S/C15H17NO4S/c1-10(17)21-13-8-14(18)16(9-13)12-4-2-3-11(7-12)15-19-5-6-20-15/h2-4,7,13,15H,5-6,8-9H2,1H3. The van der Waals surface area contributed by atoms with E-state index < -0.39 is 0 Å². The smallest absolute Gasteiger partial charge is 0.228 e. The van der Waals surface area contributed by atoms with Crippen LogP contribution in [0.2, 0.25) is 0 Å². The molecule has 112 valence electrons. The number of hydrogen-bond donors (Lipinski definition) is 0. The summed E-state index contributed by atoms with van der Waals surface area (Å²) in [5.41, 5.74) is 1.75. The Labute approximate surface area is 127 Å². The molecule has 0 radical (unpaired) electrons. The van der Waals surface area contributed by atoms with Crippen LogP contribution in [0.1, 0.15) is 25.2 Å². The third-order valence-corrected chi connectivity index (χ3v) is 4.48. The van der Waals surface area contributed by atoms with Gasteiger partial charge < -0.3 is 14.4 Å². The lowest BCUT2D eigenvalue weighted by Gasteiger charge is -2.18. The number of carbonyl (C=O) groups excluding carboxylic acids is 2. The number of hydrogen-bond acceptors (Lipinski definition) is 5. The predicted octanol–water partition coefficient (Wildman–Crippen LogP) is 2.12. The van der Waals surface area contributed by atoms with Crippen LogP contribution in [-0.2, 0) is 19.1 Å². The van der Waals surface area contributed by atoms with Gasteiger partial charge in [0.15, 0.2) is 11.4 Å². The molecule has 1 atom stereocenters. The van der Waals surface area contributed by atoms with Crippen LogP contribution in [-0.4, -0.2) is 36.0 Å². The third-order valence-electron chi connectivity index (χ3n) is 3.50. The van der Waals surface area contributed by atoms with E-state index in [0.29, 0.717) is 26.2 Å². The van der Waals surface area contributed by atoms with E-state index in [1.165, 1.54) is 18.7 Å². The normalized spacial score (nSPS) is 23.0. The molecule has 1 unspecified atom stereocenters. The number of amides is 1. The van der Waals surface area contributed by atoms with Crippen LogP contribution >= 0.6 is 11.8 Å². The molecular formula is C15H17NO4S. The maximum atomic E-state index is 12.1. The average Bonchev–Trinajstić information content (AvgIpc) is 3.08. The van der Waals surface area contributed by atoms with E-state index in [4.69, 9.17) is 9.47 Å². The molecule has 6 heteroatoms. The molecule has 0 aliphatic carbocycles. The maximum absolute atomic E-state index is 12.1. The highest BCUT2D eigenvalue weighted by Crippen LogP contribution is 2.31. The first-order valence-electron chi connectivity index (χ1n) is 6.94. The number of carbonyl (C=O) groups is 2. The molecule has 1 amide bonds. The SMILES string of the molecule is CC(=O)SC1CC(=O)N(c2cccc(C3OCCO3)c2)C1. The van der Waals surface area contributed by atoms with Crippen LogP contribution in [0.4, 0.5) is 5.69 Å². The first kappa shape index (κ1) is 14.6. The van der Waals surface area contributed by atoms with Gasteiger partial charge >= 0.3 is 0 Å². The van der Waals surface area contributed by atoms with Crippen LogP contribution in [0.5, 0.6) is 0 Å². The zero-order valence-corrected chi connectivity index (χ0v) is 12.6. The van der Waals surface area contributed by atoms with E-state index in [0.717, 1.165) is 11.3 Å². The van der Waals surface area contributed by atoms with E-state index in [-0.39, 0.29) is 22.6 Å². The molecule has 2 aliphatic rings. The van der Waals surface area contributed by atoms with E-state index >= 15 is 0 Å². The van der Waals surface area contributed by atoms with Crippen LogP contribution in [0, 0.1) is 0 Å². The molecule has 3 rings (SSSR count). The quantitative estimate of drug-likeness (QED) is 0.856. The second-order valence-corrected chi connectivity index (χ2v) is 6.59. The summed E-state index contributed by atoms with van der Waals surface area (Å²) in [6.07, 6.45) is 0.0651. The molecule has 0 aromatic heterocycles. The highest BCUT2D eigenvalue weighted by Gasteiger charge is 2.32. The Balaban J connectivity index is 1.75. The van der Waals surface area contributed by atoms with E-state index in [1.54, 1.807) is 4.90 Å². The number of anilines is 1. The predicted molar refractivity (Wildman–Crippen MR) is 80.1 cm³/mol. The topological polar surface area (TPSA) is 55.8 Å². The Morgan fingerprint density at radius 1 is 1.33 bits per heavy atom. The van der Waals surface area contributed by atoms with Crippen molar-refractivity contribution in [1.29, 1.82) is 0 Å². The monoisotopic (exact) mass is 307 g/mol. The molecule has 2 saturated heterocycles. The van der Waals surface area contributed by atoms with Crippen molar-refractivity contribution in [3.8, 4) is 0 Å². The molecule has 0 saturated carbocycles. The largest absolute Gasteiger partial charge is 0.346 e. The van der Waals surface area contributed by atoms with Gasteiger partial charge in [-0.05, 0) is 12.1 Å². The number of rotatable bonds is 3. The molecule has 0 spiro atoms. The minimum Gasteiger partial charge on any atom is -0.346 e. The minimum atomic E-state index is -0.343. The van der Waals surface area contributed by atoms with Crippen molar-refractivity contribution in [2.45, 2.75) is 24.9 Å². The Bertz CT molecular complexity index is 556. The van der Waals surface area contributed by atoms with Crippen LogP contribution in [0.25, 0.3) is 0 Å². The molecular weight excluding hydrogens is 290 g/mol. The first-order chi connectivity index (χ1) is 10.1. The van der Waals surface area contributed by atoms with Crippen molar-refractivity contribution in [2.24, 2.45) is 0 Å². The summed E-state index contributed by atoms with van der Waals surface area (Å²) in [6.45, 7) is 3.29. The van der Waals surface area contributed by atoms with E-state index in [2.05, 4.69) is 0 Å². The van der Waals surface area contributed by atoms with Gasteiger partial charge in [0.2, 0.25) is 5.91 Å². The fourth-order valence-electron chi connectivity index (χ4n) is 2.63. The van der Waals surface area contributed by atoms with Gasteiger partial charge in [0.25, 0.3) is 0 Å². The van der Waals surface area contributed by atoms with Crippen LogP contribution in [0.3, 0.4) is 0 Å². The van der Waals surface area contributed by atoms with Gasteiger partial charge in [-0.3, -0.25) is 9.59 Å². The molecule has 5 nitrogen and oxygen atoms in total. The van der Waals surface area contributed by atoms with Crippen molar-refractivity contribution in [3.05, 3.63) is 29.8 Å². The molecule has 0 bridgehead atoms. The van der Waals surface area contributed by atoms with Crippen molar-refractivity contribution in [2.75, 3.05) is 24.7 Å². The highest BCUT2D eigenvalue weighted by atomic mass is 32.2. The van der Waals surface area contributed by atoms with Crippen LogP contribution < -0.4 is 4.90 Å². The number of ether oxygens (including phenoxy) is 2. The maximum Gasteiger partial charge on any atom is 0.228 e. The molecule has 1 aromatic rings. The summed E-state index contributed by atoms with van der Waals surface area (Å²) in [6, 6.07) is 7.65. The van der Waals surface area contributed by atoms with Gasteiger partial charge in [0.05, 0.1) is 13.2 Å². The van der Waals surface area contributed by atoms with Gasteiger partial charge in [-0.25, -0.2) is 0 Å². The third kappa shape index (κ3) is 3.28. The van der Waals surface area contributed by atoms with E-state index in [9.17, 15) is 9.59 Å². The second-order valence-electron chi connectivity index (χ2n) is 5.11. The summed E-state index contributed by atoms with van der Waals surface area (Å²) >= 11 is 1.24. The summed E-state index contributed by atoms with van der Waals surface area (Å²) in [7, 11) is 0. The lowest BCUT2D eigenvalue weighted by molar-refractivity contribution is -0.117. The molecule has 2 aliphatic heterocycles. The average molecular weight is 307 g/mol. The number of nitrogens with zero attached hydrogens (tertiary/aromatic N) is 1. The van der Waals surface area contributed by atoms with Gasteiger partial charge in [-0.15, -0.1) is 0 Å². The minimum absolute atomic E-state index is 0.0395. The Morgan fingerprint density at radius 2 is 2.10 bits per heavy atom. The Morgan fingerprint density at radius 3 is 2.81 bits per heavy atom. The van der Waals surface area contributed by atoms with E-state index in [1.807, 2.05) is 24.3 Å². The van der Waals surface area contributed by atoms with Gasteiger partial charge in [0.1, 0.15) is 0 Å². The molecule has 2 fully saturated rings.